The van der Waals surface area contributed by atoms with E-state index >= 15 is 0 Å². The van der Waals surface area contributed by atoms with Crippen molar-refractivity contribution in [1.29, 1.82) is 0 Å². The molecule has 1 heteroatoms. The van der Waals surface area contributed by atoms with Crippen molar-refractivity contribution in [2.45, 2.75) is 46.1 Å². The molecule has 0 amide bonds. The summed E-state index contributed by atoms with van der Waals surface area (Å²) in [6.07, 6.45) is 3.84. The molecule has 0 radical (unpaired) electrons. The Morgan fingerprint density at radius 1 is 1.33 bits per heavy atom. The molecule has 1 N–H and O–H groups in total. The van der Waals surface area contributed by atoms with E-state index in [9.17, 15) is 0 Å². The Balaban J connectivity index is 2.88. The van der Waals surface area contributed by atoms with E-state index in [-0.39, 0.29) is 0 Å². The first-order chi connectivity index (χ1) is 4.31. The van der Waals surface area contributed by atoms with Crippen LogP contribution < -0.4 is 5.32 Å². The molecule has 0 saturated carbocycles. The van der Waals surface area contributed by atoms with Gasteiger partial charge in [-0.15, -0.1) is 0 Å². The van der Waals surface area contributed by atoms with Gasteiger partial charge < -0.3 is 5.32 Å². The van der Waals surface area contributed by atoms with Crippen LogP contribution in [0, 0.1) is 0 Å². The quantitative estimate of drug-likeness (QED) is 0.561. The van der Waals surface area contributed by atoms with Crippen LogP contribution in [-0.4, -0.2) is 12.6 Å². The van der Waals surface area contributed by atoms with Gasteiger partial charge in [-0.3, -0.25) is 0 Å². The Kier molecular flexibility index (Phi) is 6.06. The van der Waals surface area contributed by atoms with E-state index in [1.165, 1.54) is 25.8 Å². The second-order valence-corrected chi connectivity index (χ2v) is 2.62. The van der Waals surface area contributed by atoms with E-state index in [0.717, 1.165) is 0 Å². The van der Waals surface area contributed by atoms with Gasteiger partial charge in [-0.1, -0.05) is 20.3 Å². The topological polar surface area (TPSA) is 12.0 Å². The zero-order valence-electron chi connectivity index (χ0n) is 6.91. The maximum Gasteiger partial charge on any atom is 0.00360 e. The van der Waals surface area contributed by atoms with Crippen molar-refractivity contribution in [3.63, 3.8) is 0 Å². The number of unbranched alkanes of at least 4 members (excludes halogenated alkanes) is 1. The number of hydrogen-bond acceptors (Lipinski definition) is 1. The molecule has 0 aliphatic heterocycles. The summed E-state index contributed by atoms with van der Waals surface area (Å²) in [5, 5.41) is 3.43. The molecule has 9 heavy (non-hydrogen) atoms. The van der Waals surface area contributed by atoms with Gasteiger partial charge in [0.2, 0.25) is 0 Å². The number of nitrogens with one attached hydrogen (secondary N) is 1. The largest absolute Gasteiger partial charge is 0.314 e. The van der Waals surface area contributed by atoms with Crippen LogP contribution in [0.5, 0.6) is 0 Å². The summed E-state index contributed by atoms with van der Waals surface area (Å²) in [7, 11) is 0. The minimum absolute atomic E-state index is 0.705. The monoisotopic (exact) mass is 129 g/mol. The van der Waals surface area contributed by atoms with E-state index in [1.54, 1.807) is 0 Å². The van der Waals surface area contributed by atoms with Gasteiger partial charge in [0.1, 0.15) is 0 Å². The van der Waals surface area contributed by atoms with Crippen LogP contribution in [0.4, 0.5) is 0 Å². The highest BCUT2D eigenvalue weighted by atomic mass is 14.9. The fraction of sp³-hybridized carbons (Fsp3) is 1.00. The molecule has 0 saturated heterocycles. The minimum atomic E-state index is 0.705. The summed E-state index contributed by atoms with van der Waals surface area (Å²) < 4.78 is 0. The Morgan fingerprint density at radius 2 is 2.00 bits per heavy atom. The van der Waals surface area contributed by atoms with Crippen molar-refractivity contribution >= 4 is 0 Å². The summed E-state index contributed by atoms with van der Waals surface area (Å²) >= 11 is 0. The molecule has 0 aromatic carbocycles. The van der Waals surface area contributed by atoms with Gasteiger partial charge in [-0.2, -0.15) is 0 Å². The molecule has 0 aromatic heterocycles. The molecule has 0 rings (SSSR count). The average Bonchev–Trinajstić information content (AvgIpc) is 1.89. The van der Waals surface area contributed by atoms with Crippen molar-refractivity contribution in [1.82, 2.24) is 5.32 Å². The molecule has 0 aromatic rings. The summed E-state index contributed by atoms with van der Waals surface area (Å²) in [5.74, 6) is 0. The van der Waals surface area contributed by atoms with Crippen molar-refractivity contribution in [2.75, 3.05) is 6.54 Å². The van der Waals surface area contributed by atoms with Crippen LogP contribution in [0.1, 0.15) is 40.0 Å². The summed E-state index contributed by atoms with van der Waals surface area (Å²) in [6.45, 7) is 7.85. The van der Waals surface area contributed by atoms with Gasteiger partial charge in [0.25, 0.3) is 0 Å². The van der Waals surface area contributed by atoms with Crippen LogP contribution >= 0.6 is 0 Å². The first-order valence-corrected chi connectivity index (χ1v) is 4.04. The Bertz CT molecular complexity index is 52.5. The van der Waals surface area contributed by atoms with Crippen molar-refractivity contribution in [2.24, 2.45) is 0 Å². The van der Waals surface area contributed by atoms with Gasteiger partial charge in [-0.05, 0) is 26.3 Å². The SMILES string of the molecule is CCCCN[C@@H](C)CC. The van der Waals surface area contributed by atoms with Gasteiger partial charge in [0.15, 0.2) is 0 Å². The predicted molar refractivity (Wildman–Crippen MR) is 42.7 cm³/mol. The molecule has 0 spiro atoms. The lowest BCUT2D eigenvalue weighted by Crippen LogP contribution is -2.25. The van der Waals surface area contributed by atoms with Crippen LogP contribution in [-0.2, 0) is 0 Å². The zero-order chi connectivity index (χ0) is 7.11. The van der Waals surface area contributed by atoms with Crippen LogP contribution in [0.3, 0.4) is 0 Å². The lowest BCUT2D eigenvalue weighted by atomic mass is 10.2. The van der Waals surface area contributed by atoms with Gasteiger partial charge in [0.05, 0.1) is 0 Å². The van der Waals surface area contributed by atoms with Crippen LogP contribution in [0.15, 0.2) is 0 Å². The lowest BCUT2D eigenvalue weighted by Gasteiger charge is -2.09. The third kappa shape index (κ3) is 5.84. The molecule has 0 aliphatic rings. The van der Waals surface area contributed by atoms with Crippen LogP contribution in [0.25, 0.3) is 0 Å². The highest BCUT2D eigenvalue weighted by Gasteiger charge is 1.93. The van der Waals surface area contributed by atoms with Gasteiger partial charge >= 0.3 is 0 Å². The maximum atomic E-state index is 3.43. The van der Waals surface area contributed by atoms with E-state index in [2.05, 4.69) is 26.1 Å². The molecular formula is C8H19N. The van der Waals surface area contributed by atoms with Gasteiger partial charge in [-0.25, -0.2) is 0 Å². The second kappa shape index (κ2) is 6.09. The minimum Gasteiger partial charge on any atom is -0.314 e. The lowest BCUT2D eigenvalue weighted by molar-refractivity contribution is 0.521. The zero-order valence-corrected chi connectivity index (χ0v) is 6.91. The third-order valence-corrected chi connectivity index (χ3v) is 1.64. The summed E-state index contributed by atoms with van der Waals surface area (Å²) in [4.78, 5) is 0. The Labute approximate surface area is 58.8 Å². The second-order valence-electron chi connectivity index (χ2n) is 2.62. The van der Waals surface area contributed by atoms with Crippen LogP contribution in [0.2, 0.25) is 0 Å². The first-order valence-electron chi connectivity index (χ1n) is 4.04. The molecule has 0 bridgehead atoms. The molecular weight excluding hydrogens is 110 g/mol. The smallest absolute Gasteiger partial charge is 0.00360 e. The third-order valence-electron chi connectivity index (χ3n) is 1.64. The van der Waals surface area contributed by atoms with Crippen molar-refractivity contribution in [3.05, 3.63) is 0 Å². The van der Waals surface area contributed by atoms with Gasteiger partial charge in [0, 0.05) is 6.04 Å². The molecule has 1 nitrogen and oxygen atoms in total. The highest BCUT2D eigenvalue weighted by Crippen LogP contribution is 1.89. The fourth-order valence-electron chi connectivity index (χ4n) is 0.670. The normalized spacial score (nSPS) is 13.7. The van der Waals surface area contributed by atoms with E-state index < -0.39 is 0 Å². The fourth-order valence-corrected chi connectivity index (χ4v) is 0.670. The molecule has 0 unspecified atom stereocenters. The summed E-state index contributed by atoms with van der Waals surface area (Å²) in [5.41, 5.74) is 0. The van der Waals surface area contributed by atoms with Crippen molar-refractivity contribution in [3.8, 4) is 0 Å². The predicted octanol–water partition coefficient (Wildman–Crippen LogP) is 2.17. The molecule has 0 fully saturated rings. The first kappa shape index (κ1) is 8.96. The Hall–Kier alpha value is -0.0400. The summed E-state index contributed by atoms with van der Waals surface area (Å²) in [6, 6.07) is 0.705. The average molecular weight is 129 g/mol. The Morgan fingerprint density at radius 3 is 2.44 bits per heavy atom. The standard InChI is InChI=1S/C8H19N/c1-4-6-7-9-8(3)5-2/h8-9H,4-7H2,1-3H3/t8-/m0/s1. The maximum absolute atomic E-state index is 3.43. The molecule has 1 atom stereocenters. The van der Waals surface area contributed by atoms with E-state index in [1.807, 2.05) is 0 Å². The molecule has 0 aliphatic carbocycles. The molecule has 56 valence electrons. The molecule has 0 heterocycles. The van der Waals surface area contributed by atoms with Crippen molar-refractivity contribution < 1.29 is 0 Å². The van der Waals surface area contributed by atoms with E-state index in [4.69, 9.17) is 0 Å². The number of rotatable bonds is 5. The highest BCUT2D eigenvalue weighted by molar-refractivity contribution is 4.55. The van der Waals surface area contributed by atoms with E-state index in [0.29, 0.717) is 6.04 Å². The number of hydrogen-bond donors (Lipinski definition) is 1.